The Morgan fingerprint density at radius 1 is 1.40 bits per heavy atom. The highest BCUT2D eigenvalue weighted by atomic mass is 16.3. The minimum absolute atomic E-state index is 0.0459. The number of hydrogen-bond donors (Lipinski definition) is 2. The number of nitrogens with zero attached hydrogens (tertiary/aromatic N) is 1. The van der Waals surface area contributed by atoms with E-state index in [1.54, 1.807) is 0 Å². The van der Waals surface area contributed by atoms with Crippen LogP contribution in [0.5, 0.6) is 0 Å². The van der Waals surface area contributed by atoms with Crippen LogP contribution in [0.15, 0.2) is 0 Å². The second-order valence-corrected chi connectivity index (χ2v) is 7.31. The van der Waals surface area contributed by atoms with Gasteiger partial charge in [0.1, 0.15) is 0 Å². The lowest BCUT2D eigenvalue weighted by Gasteiger charge is -2.36. The molecule has 0 bridgehead atoms. The number of amides is 2. The fourth-order valence-corrected chi connectivity index (χ4v) is 2.73. The predicted octanol–water partition coefficient (Wildman–Crippen LogP) is 3.15. The van der Waals surface area contributed by atoms with Crippen molar-refractivity contribution >= 4 is 6.03 Å². The zero-order valence-electron chi connectivity index (χ0n) is 13.6. The van der Waals surface area contributed by atoms with Crippen LogP contribution >= 0.6 is 0 Å². The molecule has 1 aliphatic heterocycles. The highest BCUT2D eigenvalue weighted by Crippen LogP contribution is 2.22. The summed E-state index contributed by atoms with van der Waals surface area (Å²) in [5, 5.41) is 12.2. The highest BCUT2D eigenvalue weighted by Gasteiger charge is 2.27. The Kier molecular flexibility index (Phi) is 6.80. The maximum absolute atomic E-state index is 12.4. The molecule has 2 atom stereocenters. The first-order valence-corrected chi connectivity index (χ1v) is 8.01. The second-order valence-electron chi connectivity index (χ2n) is 7.31. The molecule has 1 rings (SSSR count). The van der Waals surface area contributed by atoms with Crippen molar-refractivity contribution in [2.75, 3.05) is 13.2 Å². The summed E-state index contributed by atoms with van der Waals surface area (Å²) in [6, 6.07) is 0.464. The summed E-state index contributed by atoms with van der Waals surface area (Å²) < 4.78 is 0. The maximum atomic E-state index is 12.4. The van der Waals surface area contributed by atoms with Crippen molar-refractivity contribution in [3.8, 4) is 0 Å². The van der Waals surface area contributed by atoms with E-state index in [0.29, 0.717) is 11.8 Å². The molecule has 1 heterocycles. The number of hydrogen-bond acceptors (Lipinski definition) is 2. The molecule has 0 aromatic heterocycles. The standard InChI is InChI=1S/C16H32N2O2/c1-13(8-10-16(2,3)4)17-15(20)18-11-6-5-7-14(18)9-12-19/h13-14,19H,5-12H2,1-4H3,(H,17,20). The van der Waals surface area contributed by atoms with E-state index in [1.165, 1.54) is 0 Å². The van der Waals surface area contributed by atoms with Crippen LogP contribution in [0.2, 0.25) is 0 Å². The molecule has 4 heteroatoms. The van der Waals surface area contributed by atoms with Gasteiger partial charge in [0, 0.05) is 25.2 Å². The van der Waals surface area contributed by atoms with Crippen molar-refractivity contribution in [1.82, 2.24) is 10.2 Å². The molecule has 1 fully saturated rings. The average molecular weight is 284 g/mol. The van der Waals surface area contributed by atoms with Gasteiger partial charge < -0.3 is 15.3 Å². The summed E-state index contributed by atoms with van der Waals surface area (Å²) in [5.74, 6) is 0. The van der Waals surface area contributed by atoms with Gasteiger partial charge in [-0.05, 0) is 50.9 Å². The summed E-state index contributed by atoms with van der Waals surface area (Å²) >= 11 is 0. The molecule has 2 N–H and O–H groups in total. The number of carbonyl (C=O) groups excluding carboxylic acids is 1. The number of rotatable bonds is 5. The van der Waals surface area contributed by atoms with E-state index in [9.17, 15) is 4.79 Å². The van der Waals surface area contributed by atoms with Crippen LogP contribution in [-0.2, 0) is 0 Å². The Morgan fingerprint density at radius 2 is 2.10 bits per heavy atom. The van der Waals surface area contributed by atoms with Crippen LogP contribution in [-0.4, -0.2) is 41.3 Å². The van der Waals surface area contributed by atoms with Gasteiger partial charge in [-0.3, -0.25) is 0 Å². The second kappa shape index (κ2) is 7.87. The third-order valence-corrected chi connectivity index (χ3v) is 4.05. The number of nitrogens with one attached hydrogen (secondary N) is 1. The number of piperidine rings is 1. The molecule has 2 amide bonds. The van der Waals surface area contributed by atoms with Crippen LogP contribution in [0.3, 0.4) is 0 Å². The Morgan fingerprint density at radius 3 is 2.70 bits per heavy atom. The van der Waals surface area contributed by atoms with Gasteiger partial charge in [0.05, 0.1) is 0 Å². The fraction of sp³-hybridized carbons (Fsp3) is 0.938. The first-order valence-electron chi connectivity index (χ1n) is 8.01. The van der Waals surface area contributed by atoms with E-state index in [1.807, 2.05) is 4.90 Å². The van der Waals surface area contributed by atoms with Crippen LogP contribution in [0.1, 0.15) is 66.2 Å². The lowest BCUT2D eigenvalue weighted by molar-refractivity contribution is 0.129. The SMILES string of the molecule is CC(CCC(C)(C)C)NC(=O)N1CCCCC1CCO. The van der Waals surface area contributed by atoms with E-state index in [0.717, 1.165) is 38.6 Å². The summed E-state index contributed by atoms with van der Waals surface area (Å²) in [5.41, 5.74) is 0.309. The van der Waals surface area contributed by atoms with Crippen molar-refractivity contribution in [1.29, 1.82) is 0 Å². The topological polar surface area (TPSA) is 52.6 Å². The van der Waals surface area contributed by atoms with Crippen molar-refractivity contribution in [3.05, 3.63) is 0 Å². The van der Waals surface area contributed by atoms with E-state index >= 15 is 0 Å². The lowest BCUT2D eigenvalue weighted by Crippen LogP contribution is -2.51. The first kappa shape index (κ1) is 17.3. The van der Waals surface area contributed by atoms with Crippen LogP contribution in [0, 0.1) is 5.41 Å². The van der Waals surface area contributed by atoms with Crippen molar-refractivity contribution in [2.24, 2.45) is 5.41 Å². The molecule has 0 spiro atoms. The Hall–Kier alpha value is -0.770. The van der Waals surface area contributed by atoms with Gasteiger partial charge in [-0.1, -0.05) is 20.8 Å². The molecule has 1 saturated heterocycles. The third-order valence-electron chi connectivity index (χ3n) is 4.05. The summed E-state index contributed by atoms with van der Waals surface area (Å²) in [7, 11) is 0. The van der Waals surface area contributed by atoms with Crippen LogP contribution in [0.25, 0.3) is 0 Å². The minimum Gasteiger partial charge on any atom is -0.396 e. The van der Waals surface area contributed by atoms with Gasteiger partial charge in [0.15, 0.2) is 0 Å². The molecule has 0 aliphatic carbocycles. The molecule has 0 radical (unpaired) electrons. The normalized spacial score (nSPS) is 21.6. The quantitative estimate of drug-likeness (QED) is 0.815. The molecule has 2 unspecified atom stereocenters. The van der Waals surface area contributed by atoms with Crippen molar-refractivity contribution in [2.45, 2.75) is 78.3 Å². The number of urea groups is 1. The van der Waals surface area contributed by atoms with E-state index in [4.69, 9.17) is 5.11 Å². The average Bonchev–Trinajstić information content (AvgIpc) is 2.36. The Bertz CT molecular complexity index is 297. The van der Waals surface area contributed by atoms with E-state index in [2.05, 4.69) is 33.0 Å². The molecular weight excluding hydrogens is 252 g/mol. The maximum Gasteiger partial charge on any atom is 0.317 e. The zero-order valence-corrected chi connectivity index (χ0v) is 13.6. The van der Waals surface area contributed by atoms with Crippen molar-refractivity contribution in [3.63, 3.8) is 0 Å². The van der Waals surface area contributed by atoms with Crippen LogP contribution < -0.4 is 5.32 Å². The molecule has 0 aromatic carbocycles. The number of carbonyl (C=O) groups is 1. The van der Waals surface area contributed by atoms with E-state index < -0.39 is 0 Å². The third kappa shape index (κ3) is 6.12. The molecule has 20 heavy (non-hydrogen) atoms. The van der Waals surface area contributed by atoms with Gasteiger partial charge in [0.2, 0.25) is 0 Å². The largest absolute Gasteiger partial charge is 0.396 e. The summed E-state index contributed by atoms with van der Waals surface area (Å²) in [4.78, 5) is 14.3. The fourth-order valence-electron chi connectivity index (χ4n) is 2.73. The minimum atomic E-state index is 0.0459. The molecule has 4 nitrogen and oxygen atoms in total. The number of aliphatic hydroxyl groups is 1. The number of likely N-dealkylation sites (tertiary alicyclic amines) is 1. The Labute approximate surface area is 123 Å². The molecule has 118 valence electrons. The van der Waals surface area contributed by atoms with Gasteiger partial charge in [0.25, 0.3) is 0 Å². The number of aliphatic hydroxyl groups excluding tert-OH is 1. The van der Waals surface area contributed by atoms with Crippen LogP contribution in [0.4, 0.5) is 4.79 Å². The summed E-state index contributed by atoms with van der Waals surface area (Å²) in [6.45, 7) is 9.74. The van der Waals surface area contributed by atoms with E-state index in [-0.39, 0.29) is 24.7 Å². The smallest absolute Gasteiger partial charge is 0.317 e. The molecule has 0 aromatic rings. The van der Waals surface area contributed by atoms with Gasteiger partial charge in [-0.2, -0.15) is 0 Å². The Balaban J connectivity index is 2.43. The predicted molar refractivity (Wildman–Crippen MR) is 82.7 cm³/mol. The molecule has 1 aliphatic rings. The van der Waals surface area contributed by atoms with Gasteiger partial charge in [-0.25, -0.2) is 4.79 Å². The first-order chi connectivity index (χ1) is 9.33. The molecule has 0 saturated carbocycles. The highest BCUT2D eigenvalue weighted by molar-refractivity contribution is 5.75. The monoisotopic (exact) mass is 284 g/mol. The summed E-state index contributed by atoms with van der Waals surface area (Å²) in [6.07, 6.45) is 6.07. The molecular formula is C16H32N2O2. The lowest BCUT2D eigenvalue weighted by atomic mass is 9.89. The van der Waals surface area contributed by atoms with Gasteiger partial charge in [-0.15, -0.1) is 0 Å². The van der Waals surface area contributed by atoms with Crippen molar-refractivity contribution < 1.29 is 9.90 Å². The van der Waals surface area contributed by atoms with Gasteiger partial charge >= 0.3 is 6.03 Å². The zero-order chi connectivity index (χ0) is 15.2.